The van der Waals surface area contributed by atoms with Crippen molar-refractivity contribution in [3.8, 4) is 5.75 Å². The smallest absolute Gasteiger partial charge is 0.276 e. The highest BCUT2D eigenvalue weighted by atomic mass is 16.5. The largest absolute Gasteiger partial charge is 0.488 e. The summed E-state index contributed by atoms with van der Waals surface area (Å²) >= 11 is 0. The van der Waals surface area contributed by atoms with Gasteiger partial charge in [-0.05, 0) is 62.7 Å². The van der Waals surface area contributed by atoms with E-state index in [9.17, 15) is 9.59 Å². The second kappa shape index (κ2) is 7.12. The molecule has 0 saturated carbocycles. The number of hydrogen-bond donors (Lipinski definition) is 1. The summed E-state index contributed by atoms with van der Waals surface area (Å²) < 4.78 is 7.07. The van der Waals surface area contributed by atoms with E-state index in [0.717, 1.165) is 11.3 Å². The molecule has 24 heavy (non-hydrogen) atoms. The highest BCUT2D eigenvalue weighted by Gasteiger charge is 2.11. The van der Waals surface area contributed by atoms with Gasteiger partial charge in [-0.25, -0.2) is 5.43 Å². The molecule has 0 spiro atoms. The molecule has 2 rings (SSSR count). The summed E-state index contributed by atoms with van der Waals surface area (Å²) in [5.74, 6) is 0.219. The molecule has 0 unspecified atom stereocenters. The second-order valence-electron chi connectivity index (χ2n) is 6.32. The van der Waals surface area contributed by atoms with Gasteiger partial charge in [-0.2, -0.15) is 5.10 Å². The first kappa shape index (κ1) is 17.5. The number of nitrogens with one attached hydrogen (secondary N) is 1. The molecule has 126 valence electrons. The van der Waals surface area contributed by atoms with Gasteiger partial charge in [0.25, 0.3) is 11.5 Å². The van der Waals surface area contributed by atoms with Gasteiger partial charge in [0.05, 0.1) is 6.21 Å². The minimum Gasteiger partial charge on any atom is -0.488 e. The molecule has 0 radical (unpaired) electrons. The SMILES string of the molecule is Cn1cccc(C(=O)N/N=C\c2ccc(OC(C)(C)C)cc2)c1=O. The van der Waals surface area contributed by atoms with Crippen LogP contribution in [0.25, 0.3) is 0 Å². The number of rotatable bonds is 4. The summed E-state index contributed by atoms with van der Waals surface area (Å²) in [4.78, 5) is 23.8. The maximum Gasteiger partial charge on any atom is 0.276 e. The molecule has 6 heteroatoms. The molecule has 6 nitrogen and oxygen atoms in total. The number of hydrazone groups is 1. The summed E-state index contributed by atoms with van der Waals surface area (Å²) in [7, 11) is 1.59. The van der Waals surface area contributed by atoms with Crippen LogP contribution in [0.1, 0.15) is 36.7 Å². The maximum absolute atomic E-state index is 12.0. The average Bonchev–Trinajstić information content (AvgIpc) is 2.50. The van der Waals surface area contributed by atoms with Crippen molar-refractivity contribution < 1.29 is 9.53 Å². The van der Waals surface area contributed by atoms with Crippen molar-refractivity contribution in [2.24, 2.45) is 12.1 Å². The van der Waals surface area contributed by atoms with Crippen LogP contribution < -0.4 is 15.7 Å². The lowest BCUT2D eigenvalue weighted by Gasteiger charge is -2.21. The third-order valence-corrected chi connectivity index (χ3v) is 3.05. The first-order valence-electron chi connectivity index (χ1n) is 7.54. The van der Waals surface area contributed by atoms with Gasteiger partial charge in [-0.15, -0.1) is 0 Å². The molecule has 0 saturated heterocycles. The van der Waals surface area contributed by atoms with E-state index in [1.54, 1.807) is 19.3 Å². The number of amides is 1. The summed E-state index contributed by atoms with van der Waals surface area (Å²) in [6.07, 6.45) is 3.09. The lowest BCUT2D eigenvalue weighted by atomic mass is 10.2. The van der Waals surface area contributed by atoms with Gasteiger partial charge < -0.3 is 9.30 Å². The Morgan fingerprint density at radius 2 is 1.88 bits per heavy atom. The van der Waals surface area contributed by atoms with E-state index in [2.05, 4.69) is 10.5 Å². The first-order chi connectivity index (χ1) is 11.3. The van der Waals surface area contributed by atoms with Crippen molar-refractivity contribution in [1.82, 2.24) is 9.99 Å². The Kier molecular flexibility index (Phi) is 5.18. The maximum atomic E-state index is 12.0. The fourth-order valence-corrected chi connectivity index (χ4v) is 1.97. The van der Waals surface area contributed by atoms with E-state index >= 15 is 0 Å². The third-order valence-electron chi connectivity index (χ3n) is 3.05. The van der Waals surface area contributed by atoms with Crippen molar-refractivity contribution in [3.05, 3.63) is 64.1 Å². The van der Waals surface area contributed by atoms with Gasteiger partial charge in [0.1, 0.15) is 16.9 Å². The number of aromatic nitrogens is 1. The number of carbonyl (C=O) groups is 1. The Morgan fingerprint density at radius 1 is 1.21 bits per heavy atom. The van der Waals surface area contributed by atoms with Gasteiger partial charge >= 0.3 is 0 Å². The fraction of sp³-hybridized carbons (Fsp3) is 0.278. The predicted octanol–water partition coefficient (Wildman–Crippen LogP) is 2.33. The number of benzene rings is 1. The van der Waals surface area contributed by atoms with Crippen LogP contribution in [0.15, 0.2) is 52.5 Å². The molecule has 1 N–H and O–H groups in total. The molecule has 1 aromatic carbocycles. The zero-order valence-electron chi connectivity index (χ0n) is 14.2. The van der Waals surface area contributed by atoms with Crippen LogP contribution in [-0.2, 0) is 7.05 Å². The van der Waals surface area contributed by atoms with Crippen molar-refractivity contribution in [1.29, 1.82) is 0 Å². The van der Waals surface area contributed by atoms with E-state index in [0.29, 0.717) is 0 Å². The fourth-order valence-electron chi connectivity index (χ4n) is 1.97. The van der Waals surface area contributed by atoms with Gasteiger partial charge in [-0.1, -0.05) is 0 Å². The quantitative estimate of drug-likeness (QED) is 0.692. The highest BCUT2D eigenvalue weighted by Crippen LogP contribution is 2.17. The van der Waals surface area contributed by atoms with E-state index < -0.39 is 5.91 Å². The van der Waals surface area contributed by atoms with Gasteiger partial charge in [0.2, 0.25) is 0 Å². The Hall–Kier alpha value is -2.89. The van der Waals surface area contributed by atoms with Crippen molar-refractivity contribution >= 4 is 12.1 Å². The van der Waals surface area contributed by atoms with Crippen LogP contribution in [0, 0.1) is 0 Å². The Morgan fingerprint density at radius 3 is 2.50 bits per heavy atom. The molecule has 0 fully saturated rings. The van der Waals surface area contributed by atoms with Crippen LogP contribution in [-0.4, -0.2) is 22.3 Å². The Labute approximate surface area is 140 Å². The van der Waals surface area contributed by atoms with Gasteiger partial charge in [0.15, 0.2) is 0 Å². The molecule has 2 aromatic rings. The topological polar surface area (TPSA) is 72.7 Å². The number of ether oxygens (including phenoxy) is 1. The molecule has 0 aliphatic rings. The molecule has 0 bridgehead atoms. The Bertz CT molecular complexity index is 799. The van der Waals surface area contributed by atoms with Crippen LogP contribution in [0.5, 0.6) is 5.75 Å². The molecular weight excluding hydrogens is 306 g/mol. The van der Waals surface area contributed by atoms with Crippen LogP contribution in [0.3, 0.4) is 0 Å². The molecule has 1 aromatic heterocycles. The van der Waals surface area contributed by atoms with Crippen LogP contribution in [0.4, 0.5) is 0 Å². The van der Waals surface area contributed by atoms with E-state index in [1.165, 1.54) is 16.8 Å². The van der Waals surface area contributed by atoms with Crippen LogP contribution >= 0.6 is 0 Å². The summed E-state index contributed by atoms with van der Waals surface area (Å²) in [5, 5.41) is 3.88. The molecule has 0 aliphatic heterocycles. The molecular formula is C18H21N3O3. The summed E-state index contributed by atoms with van der Waals surface area (Å²) in [5.41, 5.74) is 2.58. The monoisotopic (exact) mass is 327 g/mol. The first-order valence-corrected chi connectivity index (χ1v) is 7.54. The Balaban J connectivity index is 2.00. The van der Waals surface area contributed by atoms with Crippen LogP contribution in [0.2, 0.25) is 0 Å². The lowest BCUT2D eigenvalue weighted by Crippen LogP contribution is -2.29. The summed E-state index contributed by atoms with van der Waals surface area (Å²) in [6, 6.07) is 10.4. The number of pyridine rings is 1. The normalized spacial score (nSPS) is 11.5. The van der Waals surface area contributed by atoms with Gasteiger partial charge in [0, 0.05) is 13.2 Å². The standard InChI is InChI=1S/C18H21N3O3/c1-18(2,3)24-14-9-7-13(8-10-14)12-19-20-16(22)15-6-5-11-21(4)17(15)23/h5-12H,1-4H3,(H,20,22)/b19-12-. The van der Waals surface area contributed by atoms with Gasteiger partial charge in [-0.3, -0.25) is 9.59 Å². The van der Waals surface area contributed by atoms with E-state index in [4.69, 9.17) is 4.74 Å². The summed E-state index contributed by atoms with van der Waals surface area (Å²) in [6.45, 7) is 5.93. The molecule has 0 atom stereocenters. The molecule has 1 amide bonds. The van der Waals surface area contributed by atoms with E-state index in [1.807, 2.05) is 45.0 Å². The average molecular weight is 327 g/mol. The zero-order chi connectivity index (χ0) is 17.7. The second-order valence-corrected chi connectivity index (χ2v) is 6.32. The minimum absolute atomic E-state index is 0.0473. The third kappa shape index (κ3) is 4.81. The highest BCUT2D eigenvalue weighted by molar-refractivity contribution is 5.94. The predicted molar refractivity (Wildman–Crippen MR) is 93.6 cm³/mol. The van der Waals surface area contributed by atoms with Crippen molar-refractivity contribution in [2.45, 2.75) is 26.4 Å². The van der Waals surface area contributed by atoms with Crippen molar-refractivity contribution in [3.63, 3.8) is 0 Å². The lowest BCUT2D eigenvalue weighted by molar-refractivity contribution is 0.0953. The van der Waals surface area contributed by atoms with E-state index in [-0.39, 0.29) is 16.7 Å². The number of aryl methyl sites for hydroxylation is 1. The minimum atomic E-state index is -0.542. The number of hydrogen-bond acceptors (Lipinski definition) is 4. The number of carbonyl (C=O) groups excluding carboxylic acids is 1. The molecule has 1 heterocycles. The van der Waals surface area contributed by atoms with Crippen molar-refractivity contribution in [2.75, 3.05) is 0 Å². The molecule has 0 aliphatic carbocycles. The number of nitrogens with zero attached hydrogens (tertiary/aromatic N) is 2. The zero-order valence-corrected chi connectivity index (χ0v) is 14.2.